The van der Waals surface area contributed by atoms with Crippen LogP contribution in [-0.4, -0.2) is 26.3 Å². The summed E-state index contributed by atoms with van der Waals surface area (Å²) in [5.41, 5.74) is 8.14. The van der Waals surface area contributed by atoms with Gasteiger partial charge in [-0.2, -0.15) is 0 Å². The third-order valence-electron chi connectivity index (χ3n) is 3.10. The van der Waals surface area contributed by atoms with Crippen LogP contribution in [0, 0.1) is 0 Å². The third-order valence-corrected chi connectivity index (χ3v) is 3.59. The first-order valence-electron chi connectivity index (χ1n) is 5.51. The van der Waals surface area contributed by atoms with Crippen LogP contribution in [0.3, 0.4) is 0 Å². The van der Waals surface area contributed by atoms with E-state index in [1.54, 1.807) is 0 Å². The largest absolute Gasteiger partial charge is 0.379 e. The van der Waals surface area contributed by atoms with Crippen molar-refractivity contribution in [2.75, 3.05) is 25.2 Å². The van der Waals surface area contributed by atoms with Gasteiger partial charge in [-0.15, -0.1) is 0 Å². The summed E-state index contributed by atoms with van der Waals surface area (Å²) in [6.07, 6.45) is 1.09. The van der Waals surface area contributed by atoms with Gasteiger partial charge in [0.05, 0.1) is 12.6 Å². The molecule has 0 aliphatic carbocycles. The zero-order valence-corrected chi connectivity index (χ0v) is 11.0. The molecule has 0 aromatic heterocycles. The topological polar surface area (TPSA) is 38.5 Å². The molecule has 0 spiro atoms. The van der Waals surface area contributed by atoms with E-state index in [4.69, 9.17) is 10.5 Å². The van der Waals surface area contributed by atoms with E-state index in [0.717, 1.165) is 24.1 Å². The Balaban J connectivity index is 2.26. The number of hydrogen-bond donors (Lipinski definition) is 1. The maximum atomic E-state index is 5.76. The van der Waals surface area contributed by atoms with E-state index in [9.17, 15) is 0 Å². The number of ether oxygens (including phenoxy) is 1. The smallest absolute Gasteiger partial charge is 0.0670 e. The van der Waals surface area contributed by atoms with Crippen molar-refractivity contribution < 1.29 is 4.74 Å². The second-order valence-corrected chi connectivity index (χ2v) is 5.02. The minimum Gasteiger partial charge on any atom is -0.379 e. The Bertz CT molecular complexity index is 364. The Hall–Kier alpha value is -0.580. The normalized spacial score (nSPS) is 20.1. The molecule has 1 aliphatic rings. The Kier molecular flexibility index (Phi) is 3.84. The number of rotatable bonds is 3. The number of benzene rings is 1. The van der Waals surface area contributed by atoms with Crippen molar-refractivity contribution in [3.05, 3.63) is 28.2 Å². The van der Waals surface area contributed by atoms with Gasteiger partial charge in [0.15, 0.2) is 0 Å². The maximum Gasteiger partial charge on any atom is 0.0670 e. The van der Waals surface area contributed by atoms with Crippen molar-refractivity contribution in [1.82, 2.24) is 0 Å². The number of nitrogens with zero attached hydrogens (tertiary/aromatic N) is 1. The molecule has 1 aliphatic heterocycles. The minimum absolute atomic E-state index is 0.472. The molecule has 1 aromatic rings. The van der Waals surface area contributed by atoms with Gasteiger partial charge in [-0.25, -0.2) is 0 Å². The van der Waals surface area contributed by atoms with Gasteiger partial charge in [0.2, 0.25) is 0 Å². The molecule has 2 rings (SSSR count). The molecule has 1 unspecified atom stereocenters. The van der Waals surface area contributed by atoms with E-state index < -0.39 is 0 Å². The fraction of sp³-hybridized carbons (Fsp3) is 0.500. The highest BCUT2D eigenvalue weighted by atomic mass is 79.9. The van der Waals surface area contributed by atoms with E-state index in [2.05, 4.69) is 40.0 Å². The summed E-state index contributed by atoms with van der Waals surface area (Å²) in [6.45, 7) is 2.24. The Morgan fingerprint density at radius 2 is 2.38 bits per heavy atom. The van der Waals surface area contributed by atoms with Crippen LogP contribution in [0.4, 0.5) is 5.69 Å². The van der Waals surface area contributed by atoms with E-state index in [-0.39, 0.29) is 0 Å². The summed E-state index contributed by atoms with van der Waals surface area (Å²) in [5, 5.41) is 0. The summed E-state index contributed by atoms with van der Waals surface area (Å²) >= 11 is 3.50. The van der Waals surface area contributed by atoms with E-state index >= 15 is 0 Å². The third kappa shape index (κ3) is 2.39. The monoisotopic (exact) mass is 284 g/mol. The Labute approximate surface area is 105 Å². The van der Waals surface area contributed by atoms with Crippen molar-refractivity contribution in [2.24, 2.45) is 5.73 Å². The number of hydrogen-bond acceptors (Lipinski definition) is 3. The van der Waals surface area contributed by atoms with Crippen molar-refractivity contribution in [3.8, 4) is 0 Å². The average molecular weight is 285 g/mol. The van der Waals surface area contributed by atoms with Crippen LogP contribution in [0.25, 0.3) is 0 Å². The van der Waals surface area contributed by atoms with Crippen molar-refractivity contribution in [3.63, 3.8) is 0 Å². The highest BCUT2D eigenvalue weighted by Crippen LogP contribution is 2.27. The lowest BCUT2D eigenvalue weighted by molar-refractivity contribution is 0.193. The molecule has 1 aromatic carbocycles. The lowest BCUT2D eigenvalue weighted by Crippen LogP contribution is -2.32. The lowest BCUT2D eigenvalue weighted by Gasteiger charge is -2.27. The van der Waals surface area contributed by atoms with Gasteiger partial charge in [-0.1, -0.05) is 22.0 Å². The molecule has 1 fully saturated rings. The molecule has 0 radical (unpaired) electrons. The van der Waals surface area contributed by atoms with Crippen LogP contribution in [0.2, 0.25) is 0 Å². The molecule has 3 nitrogen and oxygen atoms in total. The predicted octanol–water partition coefficient (Wildman–Crippen LogP) is 2.13. The van der Waals surface area contributed by atoms with Gasteiger partial charge in [0.1, 0.15) is 0 Å². The summed E-state index contributed by atoms with van der Waals surface area (Å²) in [5.74, 6) is 0. The second kappa shape index (κ2) is 5.17. The highest BCUT2D eigenvalue weighted by Gasteiger charge is 2.22. The fourth-order valence-corrected chi connectivity index (χ4v) is 2.41. The molecule has 0 amide bonds. The zero-order chi connectivity index (χ0) is 11.5. The molecule has 88 valence electrons. The SMILES string of the molecule is CN(c1cc(Br)ccc1CN)C1CCOC1. The molecule has 0 bridgehead atoms. The van der Waals surface area contributed by atoms with Crippen LogP contribution >= 0.6 is 15.9 Å². The molecule has 2 N–H and O–H groups in total. The molecule has 1 saturated heterocycles. The van der Waals surface area contributed by atoms with Gasteiger partial charge >= 0.3 is 0 Å². The Morgan fingerprint density at radius 1 is 1.56 bits per heavy atom. The van der Waals surface area contributed by atoms with Gasteiger partial charge in [0.25, 0.3) is 0 Å². The molecular weight excluding hydrogens is 268 g/mol. The second-order valence-electron chi connectivity index (χ2n) is 4.11. The summed E-state index contributed by atoms with van der Waals surface area (Å²) in [4.78, 5) is 2.28. The molecule has 0 saturated carbocycles. The number of nitrogens with two attached hydrogens (primary N) is 1. The lowest BCUT2D eigenvalue weighted by atomic mass is 10.1. The molecular formula is C12H17BrN2O. The molecule has 16 heavy (non-hydrogen) atoms. The van der Waals surface area contributed by atoms with Gasteiger partial charge in [0, 0.05) is 30.4 Å². The highest BCUT2D eigenvalue weighted by molar-refractivity contribution is 9.10. The number of halogens is 1. The number of likely N-dealkylation sites (N-methyl/N-ethyl adjacent to an activating group) is 1. The van der Waals surface area contributed by atoms with Crippen LogP contribution < -0.4 is 10.6 Å². The number of anilines is 1. The maximum absolute atomic E-state index is 5.76. The first kappa shape index (κ1) is 11.9. The predicted molar refractivity (Wildman–Crippen MR) is 69.7 cm³/mol. The molecule has 4 heteroatoms. The summed E-state index contributed by atoms with van der Waals surface area (Å²) < 4.78 is 6.51. The summed E-state index contributed by atoms with van der Waals surface area (Å²) in [7, 11) is 2.11. The first-order valence-corrected chi connectivity index (χ1v) is 6.30. The van der Waals surface area contributed by atoms with E-state index in [1.165, 1.54) is 11.3 Å². The standard InChI is InChI=1S/C12H17BrN2O/c1-15(11-4-5-16-8-11)12-6-10(13)3-2-9(12)7-14/h2-3,6,11H,4-5,7-8,14H2,1H3. The Morgan fingerprint density at radius 3 is 3.00 bits per heavy atom. The van der Waals surface area contributed by atoms with Crippen LogP contribution in [0.1, 0.15) is 12.0 Å². The van der Waals surface area contributed by atoms with Crippen molar-refractivity contribution >= 4 is 21.6 Å². The quantitative estimate of drug-likeness (QED) is 0.924. The van der Waals surface area contributed by atoms with E-state index in [1.807, 2.05) is 6.07 Å². The zero-order valence-electron chi connectivity index (χ0n) is 9.45. The minimum atomic E-state index is 0.472. The summed E-state index contributed by atoms with van der Waals surface area (Å²) in [6, 6.07) is 6.70. The van der Waals surface area contributed by atoms with E-state index in [0.29, 0.717) is 12.6 Å². The van der Waals surface area contributed by atoms with Crippen molar-refractivity contribution in [2.45, 2.75) is 19.0 Å². The van der Waals surface area contributed by atoms with Gasteiger partial charge < -0.3 is 15.4 Å². The van der Waals surface area contributed by atoms with Gasteiger partial charge in [-0.05, 0) is 24.1 Å². The van der Waals surface area contributed by atoms with Crippen molar-refractivity contribution in [1.29, 1.82) is 0 Å². The van der Waals surface area contributed by atoms with Crippen LogP contribution in [-0.2, 0) is 11.3 Å². The van der Waals surface area contributed by atoms with Crippen LogP contribution in [0.15, 0.2) is 22.7 Å². The van der Waals surface area contributed by atoms with Crippen LogP contribution in [0.5, 0.6) is 0 Å². The fourth-order valence-electron chi connectivity index (χ4n) is 2.06. The van der Waals surface area contributed by atoms with Gasteiger partial charge in [-0.3, -0.25) is 0 Å². The average Bonchev–Trinajstić information content (AvgIpc) is 2.81. The first-order chi connectivity index (χ1) is 7.72. The molecule has 1 heterocycles. The molecule has 1 atom stereocenters.